The Morgan fingerprint density at radius 3 is 2.80 bits per heavy atom. The number of aryl methyl sites for hydroxylation is 1. The number of likely N-dealkylation sites (N-methyl/N-ethyl adjacent to an activating group) is 1. The van der Waals surface area contributed by atoms with E-state index in [0.717, 1.165) is 5.56 Å². The highest BCUT2D eigenvalue weighted by Crippen LogP contribution is 2.40. The quantitative estimate of drug-likeness (QED) is 0.888. The molecule has 1 fully saturated rings. The number of benzene rings is 1. The Morgan fingerprint density at radius 2 is 2.08 bits per heavy atom. The lowest BCUT2D eigenvalue weighted by molar-refractivity contribution is -0.139. The molecule has 6 nitrogen and oxygen atoms in total. The van der Waals surface area contributed by atoms with Gasteiger partial charge < -0.3 is 15.0 Å². The van der Waals surface area contributed by atoms with Crippen LogP contribution in [0.2, 0.25) is 0 Å². The lowest BCUT2D eigenvalue weighted by atomic mass is 9.84. The summed E-state index contributed by atoms with van der Waals surface area (Å²) < 4.78 is 6.23. The zero-order chi connectivity index (χ0) is 18.2. The van der Waals surface area contributed by atoms with E-state index in [4.69, 9.17) is 4.74 Å². The fraction of sp³-hybridized carbons (Fsp3) is 0.526. The van der Waals surface area contributed by atoms with Crippen LogP contribution >= 0.6 is 0 Å². The van der Waals surface area contributed by atoms with Gasteiger partial charge in [0.05, 0.1) is 12.0 Å². The molecule has 1 aromatic carbocycles. The second-order valence-electron chi connectivity index (χ2n) is 7.01. The minimum absolute atomic E-state index is 0.0604. The molecule has 3 rings (SSSR count). The van der Waals surface area contributed by atoms with Crippen LogP contribution in [0.25, 0.3) is 0 Å². The Labute approximate surface area is 147 Å². The summed E-state index contributed by atoms with van der Waals surface area (Å²) in [5.74, 6) is 0.400. The Hall–Kier alpha value is -2.37. The van der Waals surface area contributed by atoms with Crippen LogP contribution in [-0.2, 0) is 9.59 Å². The summed E-state index contributed by atoms with van der Waals surface area (Å²) >= 11 is 0. The smallest absolute Gasteiger partial charge is 0.242 e. The van der Waals surface area contributed by atoms with Crippen molar-refractivity contribution in [2.24, 2.45) is 0 Å². The minimum atomic E-state index is -0.661. The van der Waals surface area contributed by atoms with Gasteiger partial charge in [0, 0.05) is 26.4 Å². The number of fused-ring (bicyclic) bond motifs is 1. The first-order chi connectivity index (χ1) is 11.8. The number of rotatable bonds is 2. The minimum Gasteiger partial charge on any atom is -0.486 e. The largest absolute Gasteiger partial charge is 0.486 e. The zero-order valence-electron chi connectivity index (χ0n) is 14.9. The number of nitrogens with zero attached hydrogens (tertiary/aromatic N) is 1. The van der Waals surface area contributed by atoms with Crippen molar-refractivity contribution in [3.63, 3.8) is 0 Å². The van der Waals surface area contributed by atoms with Crippen LogP contribution < -0.4 is 10.1 Å². The third-order valence-corrected chi connectivity index (χ3v) is 5.26. The summed E-state index contributed by atoms with van der Waals surface area (Å²) in [5.41, 5.74) is 0.983. The van der Waals surface area contributed by atoms with E-state index >= 15 is 0 Å². The number of ether oxygens (including phenoxy) is 1. The molecule has 2 atom stereocenters. The van der Waals surface area contributed by atoms with E-state index < -0.39 is 11.6 Å². The number of ketones is 1. The fourth-order valence-corrected chi connectivity index (χ4v) is 3.70. The van der Waals surface area contributed by atoms with Crippen molar-refractivity contribution in [3.8, 4) is 5.75 Å². The number of carbonyl (C=O) groups excluding carboxylic acids is 3. The van der Waals surface area contributed by atoms with Gasteiger partial charge in [-0.3, -0.25) is 14.4 Å². The number of nitrogens with one attached hydrogen (secondary N) is 1. The van der Waals surface area contributed by atoms with Crippen molar-refractivity contribution in [1.82, 2.24) is 10.2 Å². The standard InChI is InChI=1S/C19H24N2O4/c1-12-4-5-16-14(10-12)15(22)11-19(25-16)7-6-17(23)21(9-8-19)13(2)18(24)20-3/h4-5,10,13H,6-9,11H2,1-3H3,(H,20,24). The molecule has 6 heteroatoms. The Bertz CT molecular complexity index is 730. The van der Waals surface area contributed by atoms with E-state index in [0.29, 0.717) is 30.7 Å². The second-order valence-corrected chi connectivity index (χ2v) is 7.01. The average Bonchev–Trinajstić information content (AvgIpc) is 2.74. The van der Waals surface area contributed by atoms with Gasteiger partial charge in [-0.2, -0.15) is 0 Å². The van der Waals surface area contributed by atoms with E-state index in [-0.39, 0.29) is 30.4 Å². The topological polar surface area (TPSA) is 75.7 Å². The third kappa shape index (κ3) is 3.25. The normalized spacial score (nSPS) is 24.4. The first kappa shape index (κ1) is 17.5. The monoisotopic (exact) mass is 344 g/mol. The van der Waals surface area contributed by atoms with Gasteiger partial charge in [-0.25, -0.2) is 0 Å². The molecule has 2 unspecified atom stereocenters. The number of hydrogen-bond donors (Lipinski definition) is 1. The van der Waals surface area contributed by atoms with Gasteiger partial charge in [-0.05, 0) is 32.4 Å². The molecular weight excluding hydrogens is 320 g/mol. The molecule has 134 valence electrons. The number of hydrogen-bond acceptors (Lipinski definition) is 4. The van der Waals surface area contributed by atoms with E-state index in [1.165, 1.54) is 0 Å². The predicted octanol–water partition coefficient (Wildman–Crippen LogP) is 1.85. The van der Waals surface area contributed by atoms with Crippen LogP contribution in [0.1, 0.15) is 48.5 Å². The Morgan fingerprint density at radius 1 is 1.32 bits per heavy atom. The Balaban J connectivity index is 1.83. The van der Waals surface area contributed by atoms with Crippen molar-refractivity contribution < 1.29 is 19.1 Å². The van der Waals surface area contributed by atoms with Gasteiger partial charge >= 0.3 is 0 Å². The van der Waals surface area contributed by atoms with Gasteiger partial charge in [-0.1, -0.05) is 11.6 Å². The predicted molar refractivity (Wildman–Crippen MR) is 92.6 cm³/mol. The lowest BCUT2D eigenvalue weighted by Crippen LogP contribution is -2.48. The molecule has 1 saturated heterocycles. The molecule has 2 heterocycles. The molecular formula is C19H24N2O4. The second kappa shape index (κ2) is 6.50. The van der Waals surface area contributed by atoms with Crippen molar-refractivity contribution in [2.75, 3.05) is 13.6 Å². The number of likely N-dealkylation sites (tertiary alicyclic amines) is 1. The van der Waals surface area contributed by atoms with Gasteiger partial charge in [0.25, 0.3) is 0 Å². The maximum absolute atomic E-state index is 12.6. The van der Waals surface area contributed by atoms with Crippen molar-refractivity contribution in [3.05, 3.63) is 29.3 Å². The fourth-order valence-electron chi connectivity index (χ4n) is 3.70. The van der Waals surface area contributed by atoms with Crippen LogP contribution in [0.4, 0.5) is 0 Å². The molecule has 1 aromatic rings. The maximum atomic E-state index is 12.6. The summed E-state index contributed by atoms with van der Waals surface area (Å²) in [7, 11) is 1.56. The highest BCUT2D eigenvalue weighted by Gasteiger charge is 2.44. The van der Waals surface area contributed by atoms with E-state index in [2.05, 4.69) is 5.32 Å². The first-order valence-corrected chi connectivity index (χ1v) is 8.69. The maximum Gasteiger partial charge on any atom is 0.242 e. The number of carbonyl (C=O) groups is 3. The molecule has 2 aliphatic rings. The van der Waals surface area contributed by atoms with Crippen LogP contribution in [0.5, 0.6) is 5.75 Å². The molecule has 25 heavy (non-hydrogen) atoms. The molecule has 0 aliphatic carbocycles. The number of amides is 2. The summed E-state index contributed by atoms with van der Waals surface area (Å²) in [6.45, 7) is 4.07. The first-order valence-electron chi connectivity index (χ1n) is 8.69. The molecule has 1 N–H and O–H groups in total. The van der Waals surface area contributed by atoms with Crippen LogP contribution in [0, 0.1) is 6.92 Å². The molecule has 2 aliphatic heterocycles. The van der Waals surface area contributed by atoms with Crippen molar-refractivity contribution in [1.29, 1.82) is 0 Å². The van der Waals surface area contributed by atoms with E-state index in [9.17, 15) is 14.4 Å². The molecule has 1 spiro atoms. The Kier molecular flexibility index (Phi) is 4.54. The van der Waals surface area contributed by atoms with Gasteiger partial charge in [0.2, 0.25) is 11.8 Å². The van der Waals surface area contributed by atoms with Gasteiger partial charge in [0.1, 0.15) is 17.4 Å². The number of Topliss-reactive ketones (excluding diaryl/α,β-unsaturated/α-hetero) is 1. The summed E-state index contributed by atoms with van der Waals surface area (Å²) in [6, 6.07) is 5.09. The van der Waals surface area contributed by atoms with Gasteiger partial charge in [0.15, 0.2) is 5.78 Å². The average molecular weight is 344 g/mol. The van der Waals surface area contributed by atoms with Crippen molar-refractivity contribution in [2.45, 2.75) is 51.2 Å². The third-order valence-electron chi connectivity index (χ3n) is 5.26. The molecule has 0 saturated carbocycles. The van der Waals surface area contributed by atoms with Crippen LogP contribution in [-0.4, -0.2) is 47.7 Å². The molecule has 0 radical (unpaired) electrons. The van der Waals surface area contributed by atoms with Crippen LogP contribution in [0.15, 0.2) is 18.2 Å². The van der Waals surface area contributed by atoms with Crippen molar-refractivity contribution >= 4 is 17.6 Å². The molecule has 0 aromatic heterocycles. The van der Waals surface area contributed by atoms with E-state index in [1.807, 2.05) is 25.1 Å². The highest BCUT2D eigenvalue weighted by molar-refractivity contribution is 6.00. The summed E-state index contributed by atoms with van der Waals surface area (Å²) in [6.07, 6.45) is 1.58. The van der Waals surface area contributed by atoms with E-state index in [1.54, 1.807) is 18.9 Å². The SMILES string of the molecule is CNC(=O)C(C)N1CCC2(CCC1=O)CC(=O)c1cc(C)ccc1O2. The summed E-state index contributed by atoms with van der Waals surface area (Å²) in [5, 5.41) is 2.58. The summed E-state index contributed by atoms with van der Waals surface area (Å²) in [4.78, 5) is 38.6. The molecule has 0 bridgehead atoms. The molecule has 2 amide bonds. The zero-order valence-corrected chi connectivity index (χ0v) is 14.9. The lowest BCUT2D eigenvalue weighted by Gasteiger charge is -2.37. The van der Waals surface area contributed by atoms with Gasteiger partial charge in [-0.15, -0.1) is 0 Å². The van der Waals surface area contributed by atoms with Crippen LogP contribution in [0.3, 0.4) is 0 Å². The highest BCUT2D eigenvalue weighted by atomic mass is 16.5.